The summed E-state index contributed by atoms with van der Waals surface area (Å²) in [5, 5.41) is -0.0599. The molecule has 0 saturated heterocycles. The summed E-state index contributed by atoms with van der Waals surface area (Å²) >= 11 is 5.86. The van der Waals surface area contributed by atoms with Gasteiger partial charge in [-0.1, -0.05) is 11.6 Å². The fourth-order valence-corrected chi connectivity index (χ4v) is 2.91. The van der Waals surface area contributed by atoms with Crippen molar-refractivity contribution in [3.63, 3.8) is 0 Å². The third-order valence-electron chi connectivity index (χ3n) is 2.58. The third kappa shape index (κ3) is 2.43. The zero-order chi connectivity index (χ0) is 13.3. The molecule has 0 aliphatic heterocycles. The summed E-state index contributed by atoms with van der Waals surface area (Å²) < 4.78 is 29.7. The molecule has 2 heterocycles. The Morgan fingerprint density at radius 2 is 2.11 bits per heavy atom. The van der Waals surface area contributed by atoms with Crippen molar-refractivity contribution in [1.82, 2.24) is 18.8 Å². The molecule has 0 spiro atoms. The van der Waals surface area contributed by atoms with Gasteiger partial charge in [0.2, 0.25) is 5.03 Å². The smallest absolute Gasteiger partial charge is 0.261 e. The minimum atomic E-state index is -3.69. The zero-order valence-electron chi connectivity index (χ0n) is 9.96. The van der Waals surface area contributed by atoms with E-state index in [2.05, 4.69) is 9.71 Å². The summed E-state index contributed by atoms with van der Waals surface area (Å²) in [5.74, 6) is 0. The van der Waals surface area contributed by atoms with Crippen molar-refractivity contribution in [1.29, 1.82) is 0 Å². The first kappa shape index (κ1) is 13.1. The standard InChI is InChI=1S/C10H13ClN4O2S/c1-14-5-3-4-8(14)6-13-18(16,17)10-9(11)15(2)7-12-10/h3-5,7,13H,6H2,1-2H3. The number of rotatable bonds is 4. The molecule has 18 heavy (non-hydrogen) atoms. The Kier molecular flexibility index (Phi) is 3.47. The molecule has 0 fully saturated rings. The monoisotopic (exact) mass is 288 g/mol. The topological polar surface area (TPSA) is 68.9 Å². The Labute approximate surface area is 110 Å². The number of nitrogens with one attached hydrogen (secondary N) is 1. The SMILES string of the molecule is Cn1cccc1CNS(=O)(=O)c1ncn(C)c1Cl. The number of hydrogen-bond donors (Lipinski definition) is 1. The van der Waals surface area contributed by atoms with E-state index in [4.69, 9.17) is 11.6 Å². The van der Waals surface area contributed by atoms with Crippen LogP contribution in [-0.4, -0.2) is 22.5 Å². The van der Waals surface area contributed by atoms with Gasteiger partial charge in [-0.15, -0.1) is 0 Å². The molecule has 2 rings (SSSR count). The molecular formula is C10H13ClN4O2S. The van der Waals surface area contributed by atoms with E-state index in [0.29, 0.717) is 0 Å². The Morgan fingerprint density at radius 1 is 1.39 bits per heavy atom. The maximum absolute atomic E-state index is 12.0. The molecule has 2 aromatic rings. The number of halogens is 1. The van der Waals surface area contributed by atoms with Gasteiger partial charge in [-0.25, -0.2) is 18.1 Å². The van der Waals surface area contributed by atoms with Gasteiger partial charge >= 0.3 is 0 Å². The Morgan fingerprint density at radius 3 is 2.61 bits per heavy atom. The van der Waals surface area contributed by atoms with Crippen molar-refractivity contribution in [3.8, 4) is 0 Å². The van der Waals surface area contributed by atoms with Crippen LogP contribution in [0, 0.1) is 0 Å². The van der Waals surface area contributed by atoms with E-state index < -0.39 is 10.0 Å². The maximum atomic E-state index is 12.0. The van der Waals surface area contributed by atoms with Crippen LogP contribution >= 0.6 is 11.6 Å². The zero-order valence-corrected chi connectivity index (χ0v) is 11.5. The van der Waals surface area contributed by atoms with Gasteiger partial charge < -0.3 is 9.13 Å². The molecule has 0 bridgehead atoms. The molecule has 0 aliphatic carbocycles. The molecule has 6 nitrogen and oxygen atoms in total. The molecule has 8 heteroatoms. The van der Waals surface area contributed by atoms with Crippen molar-refractivity contribution in [2.45, 2.75) is 11.6 Å². The molecule has 0 atom stereocenters. The second kappa shape index (κ2) is 4.75. The van der Waals surface area contributed by atoms with Crippen molar-refractivity contribution in [3.05, 3.63) is 35.5 Å². The molecule has 1 N–H and O–H groups in total. The Bertz CT molecular complexity index is 659. The van der Waals surface area contributed by atoms with E-state index in [9.17, 15) is 8.42 Å². The summed E-state index contributed by atoms with van der Waals surface area (Å²) in [4.78, 5) is 3.78. The van der Waals surface area contributed by atoms with Gasteiger partial charge in [0.05, 0.1) is 12.9 Å². The predicted molar refractivity (Wildman–Crippen MR) is 67.7 cm³/mol. The van der Waals surface area contributed by atoms with Crippen LogP contribution in [0.5, 0.6) is 0 Å². The molecule has 0 saturated carbocycles. The molecule has 0 aliphatic rings. The van der Waals surface area contributed by atoms with E-state index in [-0.39, 0.29) is 16.7 Å². The molecular weight excluding hydrogens is 276 g/mol. The van der Waals surface area contributed by atoms with Crippen LogP contribution in [0.2, 0.25) is 5.15 Å². The quantitative estimate of drug-likeness (QED) is 0.908. The van der Waals surface area contributed by atoms with Crippen LogP contribution in [-0.2, 0) is 30.7 Å². The summed E-state index contributed by atoms with van der Waals surface area (Å²) in [6.45, 7) is 0.193. The van der Waals surface area contributed by atoms with Gasteiger partial charge in [-0.2, -0.15) is 0 Å². The molecule has 2 aromatic heterocycles. The fourth-order valence-electron chi connectivity index (χ4n) is 1.49. The average Bonchev–Trinajstić information content (AvgIpc) is 2.85. The first-order chi connectivity index (χ1) is 8.42. The Hall–Kier alpha value is -1.31. The maximum Gasteiger partial charge on any atom is 0.261 e. The van der Waals surface area contributed by atoms with Crippen molar-refractivity contribution in [2.24, 2.45) is 14.1 Å². The largest absolute Gasteiger partial charge is 0.353 e. The van der Waals surface area contributed by atoms with Gasteiger partial charge in [-0.3, -0.25) is 0 Å². The van der Waals surface area contributed by atoms with Gasteiger partial charge in [0, 0.05) is 26.0 Å². The lowest BCUT2D eigenvalue weighted by Gasteiger charge is -2.06. The summed E-state index contributed by atoms with van der Waals surface area (Å²) in [5.41, 5.74) is 0.852. The van der Waals surface area contributed by atoms with E-state index in [1.807, 2.05) is 29.9 Å². The highest BCUT2D eigenvalue weighted by molar-refractivity contribution is 7.89. The van der Waals surface area contributed by atoms with Crippen LogP contribution in [0.4, 0.5) is 0 Å². The number of nitrogens with zero attached hydrogens (tertiary/aromatic N) is 3. The number of aromatic nitrogens is 3. The summed E-state index contributed by atoms with van der Waals surface area (Å²) in [6, 6.07) is 3.68. The van der Waals surface area contributed by atoms with Crippen LogP contribution in [0.1, 0.15) is 5.69 Å². The lowest BCUT2D eigenvalue weighted by molar-refractivity contribution is 0.576. The van der Waals surface area contributed by atoms with E-state index in [1.54, 1.807) is 7.05 Å². The molecule has 98 valence electrons. The third-order valence-corrected chi connectivity index (χ3v) is 4.47. The summed E-state index contributed by atoms with van der Waals surface area (Å²) in [7, 11) is -0.215. The van der Waals surface area contributed by atoms with Crippen LogP contribution in [0.25, 0.3) is 0 Å². The average molecular weight is 289 g/mol. The van der Waals surface area contributed by atoms with E-state index in [1.165, 1.54) is 10.9 Å². The van der Waals surface area contributed by atoms with Crippen LogP contribution in [0.3, 0.4) is 0 Å². The fraction of sp³-hybridized carbons (Fsp3) is 0.300. The van der Waals surface area contributed by atoms with E-state index in [0.717, 1.165) is 5.69 Å². The minimum absolute atomic E-state index is 0.0920. The van der Waals surface area contributed by atoms with Crippen LogP contribution < -0.4 is 4.72 Å². The lowest BCUT2D eigenvalue weighted by atomic mass is 10.4. The second-order valence-corrected chi connectivity index (χ2v) is 5.93. The number of imidazole rings is 1. The van der Waals surface area contributed by atoms with Crippen molar-refractivity contribution in [2.75, 3.05) is 0 Å². The first-order valence-electron chi connectivity index (χ1n) is 5.18. The normalized spacial score (nSPS) is 11.9. The van der Waals surface area contributed by atoms with Crippen molar-refractivity contribution < 1.29 is 8.42 Å². The highest BCUT2D eigenvalue weighted by atomic mass is 35.5. The number of aryl methyl sites for hydroxylation is 2. The first-order valence-corrected chi connectivity index (χ1v) is 7.04. The predicted octanol–water partition coefficient (Wildman–Crippen LogP) is 0.890. The molecule has 0 unspecified atom stereocenters. The molecule has 0 amide bonds. The highest BCUT2D eigenvalue weighted by Crippen LogP contribution is 2.18. The van der Waals surface area contributed by atoms with Gasteiger partial charge in [0.1, 0.15) is 5.15 Å². The number of sulfonamides is 1. The number of hydrogen-bond acceptors (Lipinski definition) is 3. The second-order valence-electron chi connectivity index (χ2n) is 3.89. The van der Waals surface area contributed by atoms with Crippen LogP contribution in [0.15, 0.2) is 29.7 Å². The lowest BCUT2D eigenvalue weighted by Crippen LogP contribution is -2.24. The van der Waals surface area contributed by atoms with E-state index >= 15 is 0 Å². The molecule has 0 radical (unpaired) electrons. The Balaban J connectivity index is 2.18. The van der Waals surface area contributed by atoms with Gasteiger partial charge in [0.15, 0.2) is 0 Å². The van der Waals surface area contributed by atoms with Gasteiger partial charge in [0.25, 0.3) is 10.0 Å². The summed E-state index contributed by atoms with van der Waals surface area (Å²) in [6.07, 6.45) is 3.21. The molecule has 0 aromatic carbocycles. The minimum Gasteiger partial charge on any atom is -0.353 e. The highest BCUT2D eigenvalue weighted by Gasteiger charge is 2.22. The van der Waals surface area contributed by atoms with Gasteiger partial charge in [-0.05, 0) is 12.1 Å². The van der Waals surface area contributed by atoms with Crippen molar-refractivity contribution >= 4 is 21.6 Å².